The SMILES string of the molecule is C1OC2CSCC12. The Morgan fingerprint density at radius 1 is 1.43 bits per heavy atom. The summed E-state index contributed by atoms with van der Waals surface area (Å²) in [6, 6.07) is 0. The molecule has 0 saturated carbocycles. The molecule has 0 N–H and O–H groups in total. The van der Waals surface area contributed by atoms with Crippen LogP contribution < -0.4 is 0 Å². The van der Waals surface area contributed by atoms with Crippen molar-refractivity contribution in [1.82, 2.24) is 0 Å². The van der Waals surface area contributed by atoms with Gasteiger partial charge in [-0.1, -0.05) is 0 Å². The third kappa shape index (κ3) is 0.500. The highest BCUT2D eigenvalue weighted by atomic mass is 32.2. The van der Waals surface area contributed by atoms with Crippen LogP contribution in [0.1, 0.15) is 0 Å². The van der Waals surface area contributed by atoms with Crippen molar-refractivity contribution < 1.29 is 4.74 Å². The van der Waals surface area contributed by atoms with Crippen LogP contribution >= 0.6 is 11.8 Å². The van der Waals surface area contributed by atoms with Crippen LogP contribution in [0.25, 0.3) is 0 Å². The van der Waals surface area contributed by atoms with Crippen molar-refractivity contribution >= 4 is 11.8 Å². The molecule has 0 aromatic rings. The van der Waals surface area contributed by atoms with Crippen molar-refractivity contribution in [3.8, 4) is 0 Å². The Labute approximate surface area is 47.4 Å². The van der Waals surface area contributed by atoms with E-state index in [1.165, 1.54) is 11.5 Å². The molecule has 7 heavy (non-hydrogen) atoms. The number of hydrogen-bond donors (Lipinski definition) is 0. The smallest absolute Gasteiger partial charge is 0.0723 e. The van der Waals surface area contributed by atoms with Crippen LogP contribution in [0.3, 0.4) is 0 Å². The van der Waals surface area contributed by atoms with Gasteiger partial charge in [0.05, 0.1) is 12.7 Å². The van der Waals surface area contributed by atoms with E-state index in [0.717, 1.165) is 12.5 Å². The van der Waals surface area contributed by atoms with Gasteiger partial charge in [0.25, 0.3) is 0 Å². The van der Waals surface area contributed by atoms with Crippen LogP contribution in [0.4, 0.5) is 0 Å². The minimum atomic E-state index is 0.657. The van der Waals surface area contributed by atoms with Crippen LogP contribution in [-0.4, -0.2) is 24.2 Å². The molecule has 2 aliphatic rings. The highest BCUT2D eigenvalue weighted by Crippen LogP contribution is 2.33. The summed E-state index contributed by atoms with van der Waals surface area (Å²) in [4.78, 5) is 0. The van der Waals surface area contributed by atoms with Gasteiger partial charge in [-0.2, -0.15) is 11.8 Å². The number of ether oxygens (including phenoxy) is 1. The van der Waals surface area contributed by atoms with Gasteiger partial charge in [0, 0.05) is 17.4 Å². The van der Waals surface area contributed by atoms with E-state index < -0.39 is 0 Å². The summed E-state index contributed by atoms with van der Waals surface area (Å²) in [6.07, 6.45) is 0.657. The second-order valence-corrected chi connectivity index (χ2v) is 3.24. The minimum absolute atomic E-state index is 0.657. The molecule has 2 aliphatic heterocycles. The molecule has 2 unspecified atom stereocenters. The highest BCUT2D eigenvalue weighted by Gasteiger charge is 2.36. The first-order valence-corrected chi connectivity index (χ1v) is 3.81. The van der Waals surface area contributed by atoms with Crippen LogP contribution in [0, 0.1) is 5.92 Å². The molecule has 2 heteroatoms. The zero-order valence-corrected chi connectivity index (χ0v) is 4.91. The predicted octanol–water partition coefficient (Wildman–Crippen LogP) is 0.748. The Hall–Kier alpha value is 0.310. The lowest BCUT2D eigenvalue weighted by atomic mass is 10.0. The van der Waals surface area contributed by atoms with Crippen LogP contribution in [0.5, 0.6) is 0 Å². The van der Waals surface area contributed by atoms with Crippen LogP contribution in [0.2, 0.25) is 0 Å². The lowest BCUT2D eigenvalue weighted by Crippen LogP contribution is -2.37. The summed E-state index contributed by atoms with van der Waals surface area (Å²) >= 11 is 2.03. The van der Waals surface area contributed by atoms with Crippen molar-refractivity contribution in [2.45, 2.75) is 6.10 Å². The highest BCUT2D eigenvalue weighted by molar-refractivity contribution is 7.99. The van der Waals surface area contributed by atoms with Crippen LogP contribution in [-0.2, 0) is 4.74 Å². The van der Waals surface area contributed by atoms with Gasteiger partial charge in [-0.05, 0) is 0 Å². The predicted molar refractivity (Wildman–Crippen MR) is 30.6 cm³/mol. The van der Waals surface area contributed by atoms with Crippen molar-refractivity contribution in [2.24, 2.45) is 5.92 Å². The van der Waals surface area contributed by atoms with E-state index in [4.69, 9.17) is 4.74 Å². The topological polar surface area (TPSA) is 9.23 Å². The molecule has 0 radical (unpaired) electrons. The Morgan fingerprint density at radius 3 is 2.71 bits per heavy atom. The van der Waals surface area contributed by atoms with Crippen LogP contribution in [0.15, 0.2) is 0 Å². The van der Waals surface area contributed by atoms with Crippen molar-refractivity contribution in [3.05, 3.63) is 0 Å². The van der Waals surface area contributed by atoms with E-state index in [0.29, 0.717) is 6.10 Å². The molecule has 0 amide bonds. The molecule has 2 rings (SSSR count). The molecule has 2 heterocycles. The average molecular weight is 116 g/mol. The van der Waals surface area contributed by atoms with Gasteiger partial charge in [0.1, 0.15) is 0 Å². The third-order valence-electron chi connectivity index (χ3n) is 1.66. The normalized spacial score (nSPS) is 48.0. The summed E-state index contributed by atoms with van der Waals surface area (Å²) in [5.74, 6) is 3.54. The largest absolute Gasteiger partial charge is 0.377 e. The lowest BCUT2D eigenvalue weighted by Gasteiger charge is -2.29. The van der Waals surface area contributed by atoms with E-state index in [2.05, 4.69) is 0 Å². The monoisotopic (exact) mass is 116 g/mol. The second kappa shape index (κ2) is 1.39. The number of hydrogen-bond acceptors (Lipinski definition) is 2. The maximum absolute atomic E-state index is 5.23. The minimum Gasteiger partial charge on any atom is -0.377 e. The Morgan fingerprint density at radius 2 is 2.43 bits per heavy atom. The fraction of sp³-hybridized carbons (Fsp3) is 1.00. The van der Waals surface area contributed by atoms with Crippen molar-refractivity contribution in [1.29, 1.82) is 0 Å². The molecule has 2 fully saturated rings. The fourth-order valence-electron chi connectivity index (χ4n) is 1.04. The number of thioether (sulfide) groups is 1. The standard InChI is InChI=1S/C5H8OS/c1-4-2-7-3-5(4)6-1/h4-5H,1-3H2. The number of fused-ring (bicyclic) bond motifs is 1. The molecule has 2 atom stereocenters. The van der Waals surface area contributed by atoms with Gasteiger partial charge in [-0.25, -0.2) is 0 Å². The van der Waals surface area contributed by atoms with Gasteiger partial charge in [0.2, 0.25) is 0 Å². The quantitative estimate of drug-likeness (QED) is 0.462. The second-order valence-electron chi connectivity index (χ2n) is 2.17. The van der Waals surface area contributed by atoms with Crippen molar-refractivity contribution in [2.75, 3.05) is 18.1 Å². The summed E-state index contributed by atoms with van der Waals surface area (Å²) in [5, 5.41) is 0. The lowest BCUT2D eigenvalue weighted by molar-refractivity contribution is -0.0825. The molecule has 1 nitrogen and oxygen atoms in total. The Kier molecular flexibility index (Phi) is 0.837. The molecule has 2 saturated heterocycles. The van der Waals surface area contributed by atoms with E-state index in [1.54, 1.807) is 0 Å². The first kappa shape index (κ1) is 4.21. The number of rotatable bonds is 0. The van der Waals surface area contributed by atoms with Crippen molar-refractivity contribution in [3.63, 3.8) is 0 Å². The first-order valence-electron chi connectivity index (χ1n) is 2.66. The fourth-order valence-corrected chi connectivity index (χ4v) is 2.39. The van der Waals surface area contributed by atoms with Gasteiger partial charge >= 0.3 is 0 Å². The van der Waals surface area contributed by atoms with E-state index >= 15 is 0 Å². The summed E-state index contributed by atoms with van der Waals surface area (Å²) in [6.45, 7) is 1.04. The summed E-state index contributed by atoms with van der Waals surface area (Å²) in [7, 11) is 0. The molecular formula is C5H8OS. The van der Waals surface area contributed by atoms with Gasteiger partial charge in [-0.3, -0.25) is 0 Å². The summed E-state index contributed by atoms with van der Waals surface area (Å²) < 4.78 is 5.23. The molecule has 0 bridgehead atoms. The Balaban J connectivity index is 2.03. The van der Waals surface area contributed by atoms with E-state index in [9.17, 15) is 0 Å². The van der Waals surface area contributed by atoms with Gasteiger partial charge < -0.3 is 4.74 Å². The molecule has 0 aromatic carbocycles. The first-order chi connectivity index (χ1) is 3.47. The van der Waals surface area contributed by atoms with E-state index in [-0.39, 0.29) is 0 Å². The van der Waals surface area contributed by atoms with Gasteiger partial charge in [0.15, 0.2) is 0 Å². The van der Waals surface area contributed by atoms with Gasteiger partial charge in [-0.15, -0.1) is 0 Å². The van der Waals surface area contributed by atoms with E-state index in [1.807, 2.05) is 11.8 Å². The molecular weight excluding hydrogens is 108 g/mol. The summed E-state index contributed by atoms with van der Waals surface area (Å²) in [5.41, 5.74) is 0. The Bertz CT molecular complexity index is 74.1. The third-order valence-corrected chi connectivity index (χ3v) is 2.89. The maximum Gasteiger partial charge on any atom is 0.0723 e. The zero-order chi connectivity index (χ0) is 4.69. The molecule has 0 spiro atoms. The maximum atomic E-state index is 5.23. The average Bonchev–Trinajstić information content (AvgIpc) is 1.85. The zero-order valence-electron chi connectivity index (χ0n) is 4.09. The molecule has 40 valence electrons. The molecule has 0 aromatic heterocycles. The molecule has 0 aliphatic carbocycles.